The fraction of sp³-hybridized carbons (Fsp3) is 0.636. The summed E-state index contributed by atoms with van der Waals surface area (Å²) in [6.07, 6.45) is 17.0. The number of nitrogens with zero attached hydrogens (tertiary/aromatic N) is 1. The van der Waals surface area contributed by atoms with Gasteiger partial charge in [0.2, 0.25) is 0 Å². The van der Waals surface area contributed by atoms with E-state index >= 15 is 0 Å². The van der Waals surface area contributed by atoms with Gasteiger partial charge in [-0.3, -0.25) is 0 Å². The molecule has 25 heavy (non-hydrogen) atoms. The van der Waals surface area contributed by atoms with Crippen LogP contribution < -0.4 is 4.57 Å². The summed E-state index contributed by atoms with van der Waals surface area (Å²) in [7, 11) is 0. The van der Waals surface area contributed by atoms with Gasteiger partial charge in [0.1, 0.15) is 6.54 Å². The fourth-order valence-corrected chi connectivity index (χ4v) is 2.78. The zero-order valence-electron chi connectivity index (χ0n) is 16.3. The summed E-state index contributed by atoms with van der Waals surface area (Å²) in [5, 5.41) is 0. The van der Waals surface area contributed by atoms with Crippen LogP contribution in [-0.4, -0.2) is 12.6 Å². The van der Waals surface area contributed by atoms with Gasteiger partial charge in [-0.25, -0.2) is 9.36 Å². The first-order valence-corrected chi connectivity index (χ1v) is 9.88. The van der Waals surface area contributed by atoms with Crippen LogP contribution in [0.1, 0.15) is 76.7 Å². The first-order valence-electron chi connectivity index (χ1n) is 9.88. The van der Waals surface area contributed by atoms with E-state index < -0.39 is 0 Å². The number of aromatic nitrogens is 1. The molecule has 1 rings (SSSR count). The zero-order valence-corrected chi connectivity index (χ0v) is 16.3. The van der Waals surface area contributed by atoms with E-state index in [0.717, 1.165) is 19.4 Å². The molecule has 0 saturated carbocycles. The highest BCUT2D eigenvalue weighted by atomic mass is 16.5. The quantitative estimate of drug-likeness (QED) is 0.198. The summed E-state index contributed by atoms with van der Waals surface area (Å²) < 4.78 is 7.36. The Hall–Kier alpha value is -1.64. The van der Waals surface area contributed by atoms with Crippen LogP contribution in [0.2, 0.25) is 0 Å². The van der Waals surface area contributed by atoms with Crippen LogP contribution in [0.25, 0.3) is 0 Å². The van der Waals surface area contributed by atoms with Gasteiger partial charge < -0.3 is 4.74 Å². The van der Waals surface area contributed by atoms with Crippen LogP contribution in [0.4, 0.5) is 0 Å². The second-order valence-electron chi connectivity index (χ2n) is 7.07. The third-order valence-electron chi connectivity index (χ3n) is 4.45. The second-order valence-corrected chi connectivity index (χ2v) is 7.07. The van der Waals surface area contributed by atoms with Crippen molar-refractivity contribution < 1.29 is 14.1 Å². The van der Waals surface area contributed by atoms with Crippen LogP contribution in [0.15, 0.2) is 36.7 Å². The topological polar surface area (TPSA) is 30.2 Å². The van der Waals surface area contributed by atoms with Crippen LogP contribution in [0, 0.1) is 6.92 Å². The largest absolute Gasteiger partial charge is 0.462 e. The lowest BCUT2D eigenvalue weighted by molar-refractivity contribution is -0.697. The molecule has 3 nitrogen and oxygen atoms in total. The molecule has 0 bridgehead atoms. The van der Waals surface area contributed by atoms with E-state index in [-0.39, 0.29) is 5.97 Å². The number of carbonyl (C=O) groups is 1. The Labute approximate surface area is 154 Å². The summed E-state index contributed by atoms with van der Waals surface area (Å²) in [6, 6.07) is 4.34. The molecule has 3 heteroatoms. The molecule has 0 atom stereocenters. The van der Waals surface area contributed by atoms with Crippen molar-refractivity contribution in [3.05, 3.63) is 42.2 Å². The van der Waals surface area contributed by atoms with Crippen molar-refractivity contribution in [1.29, 1.82) is 0 Å². The van der Waals surface area contributed by atoms with E-state index in [2.05, 4.69) is 42.6 Å². The SMILES string of the molecule is C=C(C)C(=O)OCCCCCCCCCCCC[n+]1ccc(C)cc1. The van der Waals surface area contributed by atoms with Crippen molar-refractivity contribution in [3.63, 3.8) is 0 Å². The van der Waals surface area contributed by atoms with Gasteiger partial charge in [0.05, 0.1) is 6.61 Å². The van der Waals surface area contributed by atoms with Gasteiger partial charge in [-0.2, -0.15) is 0 Å². The Kier molecular flexibility index (Phi) is 11.7. The van der Waals surface area contributed by atoms with Crippen molar-refractivity contribution in [2.45, 2.75) is 84.6 Å². The molecule has 1 aromatic heterocycles. The summed E-state index contributed by atoms with van der Waals surface area (Å²) >= 11 is 0. The number of pyridine rings is 1. The summed E-state index contributed by atoms with van der Waals surface area (Å²) in [4.78, 5) is 11.2. The van der Waals surface area contributed by atoms with Crippen molar-refractivity contribution in [2.75, 3.05) is 6.61 Å². The predicted molar refractivity (Wildman–Crippen MR) is 103 cm³/mol. The smallest absolute Gasteiger partial charge is 0.333 e. The Bertz CT molecular complexity index is 493. The molecule has 0 N–H and O–H groups in total. The Balaban J connectivity index is 1.81. The number of hydrogen-bond donors (Lipinski definition) is 0. The maximum Gasteiger partial charge on any atom is 0.333 e. The molecule has 0 unspecified atom stereocenters. The van der Waals surface area contributed by atoms with E-state index in [1.165, 1.54) is 56.9 Å². The van der Waals surface area contributed by atoms with E-state index in [0.29, 0.717) is 12.2 Å². The van der Waals surface area contributed by atoms with Gasteiger partial charge in [-0.1, -0.05) is 51.5 Å². The van der Waals surface area contributed by atoms with Gasteiger partial charge in [0, 0.05) is 24.1 Å². The van der Waals surface area contributed by atoms with Crippen molar-refractivity contribution in [3.8, 4) is 0 Å². The molecule has 0 amide bonds. The summed E-state index contributed by atoms with van der Waals surface area (Å²) in [6.45, 7) is 9.05. The van der Waals surface area contributed by atoms with E-state index in [9.17, 15) is 4.79 Å². The highest BCUT2D eigenvalue weighted by Crippen LogP contribution is 2.11. The molecule has 0 fully saturated rings. The van der Waals surface area contributed by atoms with Crippen LogP contribution >= 0.6 is 0 Å². The summed E-state index contributed by atoms with van der Waals surface area (Å²) in [5.74, 6) is -0.263. The Morgan fingerprint density at radius 1 is 0.920 bits per heavy atom. The minimum absolute atomic E-state index is 0.263. The average molecular weight is 347 g/mol. The van der Waals surface area contributed by atoms with Crippen molar-refractivity contribution in [2.24, 2.45) is 0 Å². The highest BCUT2D eigenvalue weighted by molar-refractivity contribution is 5.86. The van der Waals surface area contributed by atoms with Crippen molar-refractivity contribution >= 4 is 5.97 Å². The molecule has 0 aliphatic heterocycles. The predicted octanol–water partition coefficient (Wildman–Crippen LogP) is 5.30. The minimum Gasteiger partial charge on any atom is -0.462 e. The maximum absolute atomic E-state index is 11.2. The normalized spacial score (nSPS) is 10.6. The number of hydrogen-bond acceptors (Lipinski definition) is 2. The minimum atomic E-state index is -0.263. The molecule has 0 aliphatic rings. The molecule has 0 saturated heterocycles. The zero-order chi connectivity index (χ0) is 18.3. The lowest BCUT2D eigenvalue weighted by Crippen LogP contribution is -2.32. The fourth-order valence-electron chi connectivity index (χ4n) is 2.78. The van der Waals surface area contributed by atoms with Crippen LogP contribution in [-0.2, 0) is 16.1 Å². The lowest BCUT2D eigenvalue weighted by Gasteiger charge is -2.04. The molecular weight excluding hydrogens is 310 g/mol. The Morgan fingerprint density at radius 3 is 1.92 bits per heavy atom. The van der Waals surface area contributed by atoms with Crippen molar-refractivity contribution in [1.82, 2.24) is 0 Å². The third-order valence-corrected chi connectivity index (χ3v) is 4.45. The van der Waals surface area contributed by atoms with Gasteiger partial charge in [-0.05, 0) is 32.3 Å². The lowest BCUT2D eigenvalue weighted by atomic mass is 10.1. The number of ether oxygens (including phenoxy) is 1. The molecule has 0 radical (unpaired) electrons. The molecule has 1 heterocycles. The van der Waals surface area contributed by atoms with Gasteiger partial charge in [0.25, 0.3) is 0 Å². The van der Waals surface area contributed by atoms with Gasteiger partial charge in [0.15, 0.2) is 12.4 Å². The Morgan fingerprint density at radius 2 is 1.40 bits per heavy atom. The molecule has 0 spiro atoms. The number of esters is 1. The number of aryl methyl sites for hydroxylation is 2. The second kappa shape index (κ2) is 13.6. The van der Waals surface area contributed by atoms with Crippen LogP contribution in [0.3, 0.4) is 0 Å². The molecular formula is C22H36NO2+. The van der Waals surface area contributed by atoms with Gasteiger partial charge in [-0.15, -0.1) is 0 Å². The molecule has 1 aromatic rings. The third kappa shape index (κ3) is 11.5. The number of unbranched alkanes of at least 4 members (excludes halogenated alkanes) is 9. The summed E-state index contributed by atoms with van der Waals surface area (Å²) in [5.41, 5.74) is 1.81. The van der Waals surface area contributed by atoms with Gasteiger partial charge >= 0.3 is 5.97 Å². The number of carbonyl (C=O) groups excluding carboxylic acids is 1. The first-order chi connectivity index (χ1) is 12.1. The molecule has 0 aliphatic carbocycles. The van der Waals surface area contributed by atoms with E-state index in [4.69, 9.17) is 4.74 Å². The molecule has 140 valence electrons. The monoisotopic (exact) mass is 346 g/mol. The molecule has 0 aromatic carbocycles. The average Bonchev–Trinajstić information content (AvgIpc) is 2.60. The van der Waals surface area contributed by atoms with E-state index in [1.54, 1.807) is 6.92 Å². The standard InChI is InChI=1S/C22H36NO2/c1-20(2)22(24)25-19-13-11-9-7-5-4-6-8-10-12-16-23-17-14-21(3)15-18-23/h14-15,17-18H,1,4-13,16,19H2,2-3H3/q+1. The van der Waals surface area contributed by atoms with E-state index in [1.807, 2.05) is 0 Å². The van der Waals surface area contributed by atoms with Crippen LogP contribution in [0.5, 0.6) is 0 Å². The first kappa shape index (κ1) is 21.4. The number of rotatable bonds is 14. The highest BCUT2D eigenvalue weighted by Gasteiger charge is 2.02. The maximum atomic E-state index is 11.2.